The lowest BCUT2D eigenvalue weighted by atomic mass is 10.1. The molecular formula is C13H18N2O2. The van der Waals surface area contributed by atoms with Crippen LogP contribution in [0.2, 0.25) is 0 Å². The first-order valence-electron chi connectivity index (χ1n) is 5.99. The fraction of sp³-hybridized carbons (Fsp3) is 0.462. The first-order valence-corrected chi connectivity index (χ1v) is 5.99. The summed E-state index contributed by atoms with van der Waals surface area (Å²) in [5.41, 5.74) is 6.89. The van der Waals surface area contributed by atoms with Crippen LogP contribution >= 0.6 is 0 Å². The summed E-state index contributed by atoms with van der Waals surface area (Å²) in [5, 5.41) is 9.17. The Morgan fingerprint density at radius 2 is 1.88 bits per heavy atom. The van der Waals surface area contributed by atoms with E-state index in [0.717, 1.165) is 31.5 Å². The van der Waals surface area contributed by atoms with Crippen LogP contribution < -0.4 is 5.73 Å². The minimum atomic E-state index is -0.474. The van der Waals surface area contributed by atoms with Crippen molar-refractivity contribution >= 4 is 5.91 Å². The van der Waals surface area contributed by atoms with E-state index >= 15 is 0 Å². The van der Waals surface area contributed by atoms with Crippen LogP contribution in [-0.2, 0) is 11.2 Å². The van der Waals surface area contributed by atoms with E-state index in [4.69, 9.17) is 10.8 Å². The number of carbonyl (C=O) groups is 1. The van der Waals surface area contributed by atoms with Crippen LogP contribution in [0.5, 0.6) is 5.75 Å². The SMILES string of the molecule is N[C@H](Cc1ccc(O)cc1)C(=O)N1CCCC1. The van der Waals surface area contributed by atoms with Gasteiger partial charge in [-0.2, -0.15) is 0 Å². The van der Waals surface area contributed by atoms with E-state index in [-0.39, 0.29) is 11.7 Å². The van der Waals surface area contributed by atoms with Gasteiger partial charge in [0.15, 0.2) is 0 Å². The van der Waals surface area contributed by atoms with Crippen LogP contribution in [0.15, 0.2) is 24.3 Å². The minimum Gasteiger partial charge on any atom is -0.508 e. The Morgan fingerprint density at radius 1 is 1.29 bits per heavy atom. The molecule has 1 saturated heterocycles. The van der Waals surface area contributed by atoms with E-state index in [1.807, 2.05) is 4.90 Å². The Kier molecular flexibility index (Phi) is 3.64. The van der Waals surface area contributed by atoms with E-state index < -0.39 is 6.04 Å². The van der Waals surface area contributed by atoms with E-state index in [2.05, 4.69) is 0 Å². The van der Waals surface area contributed by atoms with Crippen LogP contribution in [-0.4, -0.2) is 35.0 Å². The summed E-state index contributed by atoms with van der Waals surface area (Å²) in [6.07, 6.45) is 2.69. The highest BCUT2D eigenvalue weighted by molar-refractivity contribution is 5.82. The van der Waals surface area contributed by atoms with Crippen LogP contribution in [0.1, 0.15) is 18.4 Å². The number of rotatable bonds is 3. The molecule has 1 heterocycles. The molecule has 0 saturated carbocycles. The Hall–Kier alpha value is -1.55. The lowest BCUT2D eigenvalue weighted by Gasteiger charge is -2.20. The van der Waals surface area contributed by atoms with Gasteiger partial charge in [0, 0.05) is 13.1 Å². The minimum absolute atomic E-state index is 0.0376. The Labute approximate surface area is 101 Å². The number of likely N-dealkylation sites (tertiary alicyclic amines) is 1. The zero-order chi connectivity index (χ0) is 12.3. The molecule has 3 N–H and O–H groups in total. The highest BCUT2D eigenvalue weighted by atomic mass is 16.3. The normalized spacial score (nSPS) is 17.1. The second-order valence-corrected chi connectivity index (χ2v) is 4.51. The van der Waals surface area contributed by atoms with Gasteiger partial charge in [0.05, 0.1) is 6.04 Å². The van der Waals surface area contributed by atoms with Gasteiger partial charge in [0.25, 0.3) is 0 Å². The van der Waals surface area contributed by atoms with Crippen LogP contribution in [0.4, 0.5) is 0 Å². The van der Waals surface area contributed by atoms with Crippen LogP contribution in [0.25, 0.3) is 0 Å². The van der Waals surface area contributed by atoms with E-state index in [0.29, 0.717) is 6.42 Å². The first kappa shape index (κ1) is 11.9. The maximum Gasteiger partial charge on any atom is 0.239 e. The van der Waals surface area contributed by atoms with Crippen molar-refractivity contribution in [3.8, 4) is 5.75 Å². The van der Waals surface area contributed by atoms with Crippen molar-refractivity contribution in [2.75, 3.05) is 13.1 Å². The van der Waals surface area contributed by atoms with Gasteiger partial charge in [-0.1, -0.05) is 12.1 Å². The molecule has 1 aliphatic rings. The molecule has 2 rings (SSSR count). The molecular weight excluding hydrogens is 216 g/mol. The fourth-order valence-electron chi connectivity index (χ4n) is 2.15. The number of phenolic OH excluding ortho intramolecular Hbond substituents is 1. The summed E-state index contributed by atoms with van der Waals surface area (Å²) in [5.74, 6) is 0.267. The van der Waals surface area contributed by atoms with E-state index in [1.54, 1.807) is 24.3 Å². The maximum absolute atomic E-state index is 12.0. The smallest absolute Gasteiger partial charge is 0.239 e. The number of aromatic hydroxyl groups is 1. The number of carbonyl (C=O) groups excluding carboxylic acids is 1. The summed E-state index contributed by atoms with van der Waals surface area (Å²) in [7, 11) is 0. The van der Waals surface area contributed by atoms with Crippen molar-refractivity contribution in [1.82, 2.24) is 4.90 Å². The summed E-state index contributed by atoms with van der Waals surface area (Å²) in [4.78, 5) is 13.8. The van der Waals surface area contributed by atoms with Gasteiger partial charge in [-0.3, -0.25) is 4.79 Å². The van der Waals surface area contributed by atoms with Crippen molar-refractivity contribution in [2.45, 2.75) is 25.3 Å². The molecule has 1 aromatic carbocycles. The van der Waals surface area contributed by atoms with Gasteiger partial charge in [0.1, 0.15) is 5.75 Å². The number of nitrogens with zero attached hydrogens (tertiary/aromatic N) is 1. The third kappa shape index (κ3) is 2.97. The predicted octanol–water partition coefficient (Wildman–Crippen LogP) is 0.884. The monoisotopic (exact) mass is 234 g/mol. The molecule has 0 radical (unpaired) electrons. The molecule has 1 fully saturated rings. The number of amides is 1. The summed E-state index contributed by atoms with van der Waals surface area (Å²) >= 11 is 0. The largest absolute Gasteiger partial charge is 0.508 e. The van der Waals surface area contributed by atoms with Crippen molar-refractivity contribution in [3.63, 3.8) is 0 Å². The van der Waals surface area contributed by atoms with Crippen molar-refractivity contribution in [3.05, 3.63) is 29.8 Å². The molecule has 17 heavy (non-hydrogen) atoms. The Balaban J connectivity index is 1.93. The Bertz CT molecular complexity index is 383. The van der Waals surface area contributed by atoms with Gasteiger partial charge in [-0.15, -0.1) is 0 Å². The van der Waals surface area contributed by atoms with Crippen LogP contribution in [0.3, 0.4) is 0 Å². The van der Waals surface area contributed by atoms with Gasteiger partial charge in [-0.05, 0) is 37.0 Å². The molecule has 1 amide bonds. The molecule has 1 aliphatic heterocycles. The Morgan fingerprint density at radius 3 is 2.47 bits per heavy atom. The number of benzene rings is 1. The number of hydrogen-bond acceptors (Lipinski definition) is 3. The quantitative estimate of drug-likeness (QED) is 0.816. The maximum atomic E-state index is 12.0. The molecule has 4 nitrogen and oxygen atoms in total. The highest BCUT2D eigenvalue weighted by Crippen LogP contribution is 2.13. The second-order valence-electron chi connectivity index (χ2n) is 4.51. The molecule has 0 bridgehead atoms. The fourth-order valence-corrected chi connectivity index (χ4v) is 2.15. The number of hydrogen-bond donors (Lipinski definition) is 2. The van der Waals surface area contributed by atoms with E-state index in [1.165, 1.54) is 0 Å². The van der Waals surface area contributed by atoms with Crippen molar-refractivity contribution < 1.29 is 9.90 Å². The zero-order valence-corrected chi connectivity index (χ0v) is 9.80. The molecule has 1 aromatic rings. The summed E-state index contributed by atoms with van der Waals surface area (Å²) in [6.45, 7) is 1.67. The van der Waals surface area contributed by atoms with Crippen molar-refractivity contribution in [2.24, 2.45) is 5.73 Å². The third-order valence-electron chi connectivity index (χ3n) is 3.13. The highest BCUT2D eigenvalue weighted by Gasteiger charge is 2.23. The molecule has 1 atom stereocenters. The molecule has 0 unspecified atom stereocenters. The lowest BCUT2D eigenvalue weighted by Crippen LogP contribution is -2.43. The third-order valence-corrected chi connectivity index (χ3v) is 3.13. The molecule has 0 aromatic heterocycles. The average molecular weight is 234 g/mol. The number of nitrogens with two attached hydrogens (primary N) is 1. The number of phenols is 1. The van der Waals surface area contributed by atoms with Gasteiger partial charge < -0.3 is 15.7 Å². The van der Waals surface area contributed by atoms with Gasteiger partial charge in [0.2, 0.25) is 5.91 Å². The molecule has 92 valence electrons. The average Bonchev–Trinajstić information content (AvgIpc) is 2.84. The molecule has 0 aliphatic carbocycles. The van der Waals surface area contributed by atoms with Crippen LogP contribution in [0, 0.1) is 0 Å². The first-order chi connectivity index (χ1) is 8.16. The summed E-state index contributed by atoms with van der Waals surface area (Å²) < 4.78 is 0. The molecule has 0 spiro atoms. The standard InChI is InChI=1S/C13H18N2O2/c14-12(13(17)15-7-1-2-8-15)9-10-3-5-11(16)6-4-10/h3-6,12,16H,1-2,7-9,14H2/t12-/m1/s1. The van der Waals surface area contributed by atoms with Gasteiger partial charge in [-0.25, -0.2) is 0 Å². The van der Waals surface area contributed by atoms with Gasteiger partial charge >= 0.3 is 0 Å². The van der Waals surface area contributed by atoms with Crippen molar-refractivity contribution in [1.29, 1.82) is 0 Å². The topological polar surface area (TPSA) is 66.6 Å². The second kappa shape index (κ2) is 5.19. The van der Waals surface area contributed by atoms with E-state index in [9.17, 15) is 4.79 Å². The lowest BCUT2D eigenvalue weighted by molar-refractivity contribution is -0.131. The molecule has 4 heteroatoms. The predicted molar refractivity (Wildman–Crippen MR) is 65.6 cm³/mol. The zero-order valence-electron chi connectivity index (χ0n) is 9.80. The summed E-state index contributed by atoms with van der Waals surface area (Å²) in [6, 6.07) is 6.35.